The molecule has 3 heterocycles. The molecule has 0 unspecified atom stereocenters. The smallest absolute Gasteiger partial charge is 0.356 e. The van der Waals surface area contributed by atoms with E-state index < -0.39 is 18.1 Å². The first-order chi connectivity index (χ1) is 20.4. The predicted molar refractivity (Wildman–Crippen MR) is 172 cm³/mol. The monoisotopic (exact) mass is 632 g/mol. The third-order valence-electron chi connectivity index (χ3n) is 7.04. The lowest BCUT2D eigenvalue weighted by molar-refractivity contribution is -0.153. The van der Waals surface area contributed by atoms with Crippen molar-refractivity contribution < 1.29 is 14.3 Å². The maximum Gasteiger partial charge on any atom is 0.356 e. The Hall–Kier alpha value is -3.34. The molecule has 1 aromatic heterocycles. The van der Waals surface area contributed by atoms with Gasteiger partial charge in [0.25, 0.3) is 0 Å². The molecule has 1 amide bonds. The van der Waals surface area contributed by atoms with Gasteiger partial charge in [0.15, 0.2) is 11.5 Å². The number of esters is 1. The highest BCUT2D eigenvalue weighted by molar-refractivity contribution is 8.04. The number of benzene rings is 3. The molecule has 1 fully saturated rings. The number of β-lactam (4-membered cyclic amide) rings is 1. The van der Waals surface area contributed by atoms with Crippen LogP contribution in [0.4, 0.5) is 0 Å². The van der Waals surface area contributed by atoms with Crippen molar-refractivity contribution in [2.75, 3.05) is 5.75 Å². The van der Waals surface area contributed by atoms with Gasteiger partial charge in [0.2, 0.25) is 5.91 Å². The first-order valence-corrected chi connectivity index (χ1v) is 16.4. The summed E-state index contributed by atoms with van der Waals surface area (Å²) in [5.41, 5.74) is 9.47. The van der Waals surface area contributed by atoms with Gasteiger partial charge in [0, 0.05) is 27.8 Å². The number of fused-ring (bicyclic) bond motifs is 2. The third-order valence-corrected chi connectivity index (χ3v) is 10.7. The van der Waals surface area contributed by atoms with Gasteiger partial charge >= 0.3 is 5.97 Å². The lowest BCUT2D eigenvalue weighted by Gasteiger charge is -2.48. The van der Waals surface area contributed by atoms with Crippen LogP contribution in [0.1, 0.15) is 22.8 Å². The largest absolute Gasteiger partial charge is 0.448 e. The standard InChI is InChI=1S/C32H25ClN2O4S3/c33-17-19-11-12-23-24(36)16-26(42-25(23)15-19)40-14-13-22-18-41-31-27(34)30(37)35(31)28(22)32(38)39-29(20-7-3-1-4-8-20)21-9-5-2-6-10-21/h1-16,27,29,31H,17-18,34H2/t27-,31+/m1/s1. The van der Waals surface area contributed by atoms with E-state index in [1.165, 1.54) is 39.8 Å². The summed E-state index contributed by atoms with van der Waals surface area (Å²) in [5, 5.41) is 2.17. The summed E-state index contributed by atoms with van der Waals surface area (Å²) in [7, 11) is 0. The molecule has 2 atom stereocenters. The molecule has 1 saturated heterocycles. The molecule has 6 nitrogen and oxygen atoms in total. The van der Waals surface area contributed by atoms with Crippen molar-refractivity contribution in [3.05, 3.63) is 135 Å². The molecule has 2 aliphatic heterocycles. The summed E-state index contributed by atoms with van der Waals surface area (Å²) >= 11 is 10.4. The summed E-state index contributed by atoms with van der Waals surface area (Å²) in [5.74, 6) is -0.0464. The Morgan fingerprint density at radius 2 is 1.74 bits per heavy atom. The SMILES string of the molecule is N[C@@H]1C(=O)N2C(C(=O)OC(c3ccccc3)c3ccccc3)=C(C=CSc3cc(=O)c4ccc(CCl)cc4s3)CS[C@@H]12. The van der Waals surface area contributed by atoms with Crippen LogP contribution in [-0.2, 0) is 20.2 Å². The molecule has 212 valence electrons. The van der Waals surface area contributed by atoms with Gasteiger partial charge in [-0.15, -0.1) is 34.7 Å². The lowest BCUT2D eigenvalue weighted by Crippen LogP contribution is -2.68. The molecule has 6 rings (SSSR count). The van der Waals surface area contributed by atoms with Crippen molar-refractivity contribution in [3.8, 4) is 0 Å². The molecule has 0 bridgehead atoms. The van der Waals surface area contributed by atoms with Gasteiger partial charge in [-0.2, -0.15) is 0 Å². The molecule has 4 aromatic rings. The molecule has 0 aliphatic carbocycles. The quantitative estimate of drug-likeness (QED) is 0.104. The fourth-order valence-corrected chi connectivity index (χ4v) is 8.38. The molecule has 2 aliphatic rings. The number of nitrogens with two attached hydrogens (primary N) is 1. The Morgan fingerprint density at radius 3 is 2.40 bits per heavy atom. The van der Waals surface area contributed by atoms with E-state index in [0.29, 0.717) is 22.6 Å². The maximum absolute atomic E-state index is 13.9. The fourth-order valence-electron chi connectivity index (χ4n) is 4.91. The highest BCUT2D eigenvalue weighted by Gasteiger charge is 2.52. The molecular weight excluding hydrogens is 608 g/mol. The summed E-state index contributed by atoms with van der Waals surface area (Å²) in [6.45, 7) is 0. The van der Waals surface area contributed by atoms with Crippen molar-refractivity contribution in [3.63, 3.8) is 0 Å². The zero-order valence-electron chi connectivity index (χ0n) is 22.1. The van der Waals surface area contributed by atoms with E-state index in [2.05, 4.69) is 0 Å². The minimum absolute atomic E-state index is 0.0617. The number of amides is 1. The second-order valence-corrected chi connectivity index (χ2v) is 13.4. The molecule has 3 aromatic carbocycles. The molecule has 42 heavy (non-hydrogen) atoms. The number of allylic oxidation sites excluding steroid dienone is 1. The average Bonchev–Trinajstić information content (AvgIpc) is 3.03. The first kappa shape index (κ1) is 28.8. The Morgan fingerprint density at radius 1 is 1.05 bits per heavy atom. The minimum atomic E-state index is -0.662. The molecule has 0 spiro atoms. The lowest BCUT2D eigenvalue weighted by atomic mass is 10.0. The predicted octanol–water partition coefficient (Wildman–Crippen LogP) is 6.44. The Balaban J connectivity index is 1.32. The molecule has 0 saturated carbocycles. The topological polar surface area (TPSA) is 89.7 Å². The van der Waals surface area contributed by atoms with Crippen molar-refractivity contribution in [1.29, 1.82) is 0 Å². The van der Waals surface area contributed by atoms with Crippen LogP contribution >= 0.6 is 46.5 Å². The molecular formula is C32H25ClN2O4S3. The number of ether oxygens (including phenoxy) is 1. The zero-order valence-corrected chi connectivity index (χ0v) is 25.3. The van der Waals surface area contributed by atoms with E-state index in [4.69, 9.17) is 22.1 Å². The van der Waals surface area contributed by atoms with Gasteiger partial charge < -0.3 is 10.5 Å². The number of carbonyl (C=O) groups excluding carboxylic acids is 2. The molecule has 10 heteroatoms. The number of halogens is 1. The number of hydrogen-bond acceptors (Lipinski definition) is 8. The number of nitrogens with zero attached hydrogens (tertiary/aromatic N) is 1. The van der Waals surface area contributed by atoms with Gasteiger partial charge in [-0.3, -0.25) is 14.5 Å². The van der Waals surface area contributed by atoms with E-state index in [0.717, 1.165) is 25.6 Å². The second-order valence-electron chi connectivity index (χ2n) is 9.73. The number of thioether (sulfide) groups is 2. The van der Waals surface area contributed by atoms with Crippen LogP contribution < -0.4 is 11.2 Å². The van der Waals surface area contributed by atoms with Crippen LogP contribution in [0.2, 0.25) is 0 Å². The Bertz CT molecular complexity index is 1740. The van der Waals surface area contributed by atoms with Crippen molar-refractivity contribution >= 4 is 68.4 Å². The second kappa shape index (κ2) is 12.5. The summed E-state index contributed by atoms with van der Waals surface area (Å²) in [6, 6.07) is 25.6. The van der Waals surface area contributed by atoms with E-state index in [1.54, 1.807) is 6.07 Å². The van der Waals surface area contributed by atoms with Gasteiger partial charge in [-0.05, 0) is 45.9 Å². The highest BCUT2D eigenvalue weighted by atomic mass is 35.5. The molecule has 2 N–H and O–H groups in total. The van der Waals surface area contributed by atoms with Crippen LogP contribution in [0.5, 0.6) is 0 Å². The van der Waals surface area contributed by atoms with Gasteiger partial charge in [-0.25, -0.2) is 4.79 Å². The summed E-state index contributed by atoms with van der Waals surface area (Å²) in [6.07, 6.45) is 1.16. The fraction of sp³-hybridized carbons (Fsp3) is 0.156. The minimum Gasteiger partial charge on any atom is -0.448 e. The van der Waals surface area contributed by atoms with Crippen LogP contribution in [0.25, 0.3) is 10.1 Å². The van der Waals surface area contributed by atoms with Gasteiger partial charge in [-0.1, -0.05) is 78.5 Å². The van der Waals surface area contributed by atoms with Crippen LogP contribution in [-0.4, -0.2) is 33.9 Å². The normalized spacial score (nSPS) is 18.5. The summed E-state index contributed by atoms with van der Waals surface area (Å²) in [4.78, 5) is 40.9. The summed E-state index contributed by atoms with van der Waals surface area (Å²) < 4.78 is 7.81. The average molecular weight is 633 g/mol. The van der Waals surface area contributed by atoms with E-state index in [9.17, 15) is 14.4 Å². The molecule has 0 radical (unpaired) electrons. The van der Waals surface area contributed by atoms with E-state index in [1.807, 2.05) is 90.3 Å². The van der Waals surface area contributed by atoms with E-state index >= 15 is 0 Å². The van der Waals surface area contributed by atoms with E-state index in [-0.39, 0.29) is 22.4 Å². The van der Waals surface area contributed by atoms with Crippen LogP contribution in [0.15, 0.2) is 117 Å². The number of hydrogen-bond donors (Lipinski definition) is 1. The van der Waals surface area contributed by atoms with Crippen molar-refractivity contribution in [2.45, 2.75) is 27.6 Å². The Labute approximate surface area is 260 Å². The van der Waals surface area contributed by atoms with Crippen molar-refractivity contribution in [2.24, 2.45) is 5.73 Å². The van der Waals surface area contributed by atoms with Crippen LogP contribution in [0.3, 0.4) is 0 Å². The Kier molecular flexibility index (Phi) is 8.55. The van der Waals surface area contributed by atoms with Crippen LogP contribution in [0, 0.1) is 0 Å². The number of alkyl halides is 1. The number of carbonyl (C=O) groups is 2. The highest BCUT2D eigenvalue weighted by Crippen LogP contribution is 2.41. The number of rotatable bonds is 8. The van der Waals surface area contributed by atoms with Gasteiger partial charge in [0.05, 0.1) is 4.21 Å². The van der Waals surface area contributed by atoms with Gasteiger partial charge in [0.1, 0.15) is 17.1 Å². The third kappa shape index (κ3) is 5.67. The first-order valence-electron chi connectivity index (χ1n) is 13.1. The maximum atomic E-state index is 13.9. The zero-order chi connectivity index (χ0) is 29.2. The van der Waals surface area contributed by atoms with Crippen molar-refractivity contribution in [1.82, 2.24) is 4.90 Å².